The highest BCUT2D eigenvalue weighted by Crippen LogP contribution is 2.27. The van der Waals surface area contributed by atoms with Crippen molar-refractivity contribution in [3.63, 3.8) is 0 Å². The van der Waals surface area contributed by atoms with Gasteiger partial charge in [0, 0.05) is 24.7 Å². The second-order valence-corrected chi connectivity index (χ2v) is 7.71. The van der Waals surface area contributed by atoms with Crippen LogP contribution in [0.1, 0.15) is 38.4 Å². The summed E-state index contributed by atoms with van der Waals surface area (Å²) in [7, 11) is -3.50. The number of imidazole rings is 1. The minimum Gasteiger partial charge on any atom is -0.334 e. The van der Waals surface area contributed by atoms with E-state index in [9.17, 15) is 8.42 Å². The van der Waals surface area contributed by atoms with Gasteiger partial charge in [-0.15, -0.1) is 11.6 Å². The summed E-state index contributed by atoms with van der Waals surface area (Å²) in [6.07, 6.45) is 5.50. The van der Waals surface area contributed by atoms with Crippen LogP contribution in [0.25, 0.3) is 0 Å². The molecule has 0 radical (unpaired) electrons. The van der Waals surface area contributed by atoms with Crippen LogP contribution in [-0.4, -0.2) is 29.9 Å². The lowest BCUT2D eigenvalue weighted by Crippen LogP contribution is -2.31. The Morgan fingerprint density at radius 1 is 1.40 bits per heavy atom. The number of aryl methyl sites for hydroxylation is 2. The molecule has 1 heterocycles. The van der Waals surface area contributed by atoms with Crippen LogP contribution in [0, 0.1) is 12.8 Å². The number of aromatic nitrogens is 2. The molecule has 0 amide bonds. The van der Waals surface area contributed by atoms with Gasteiger partial charge in [-0.2, -0.15) is 0 Å². The first-order valence-corrected chi connectivity index (χ1v) is 9.02. The van der Waals surface area contributed by atoms with Gasteiger partial charge >= 0.3 is 0 Å². The summed E-state index contributed by atoms with van der Waals surface area (Å²) in [6.45, 7) is 4.96. The van der Waals surface area contributed by atoms with Crippen LogP contribution in [0.5, 0.6) is 0 Å². The van der Waals surface area contributed by atoms with Gasteiger partial charge in [-0.1, -0.05) is 0 Å². The summed E-state index contributed by atoms with van der Waals surface area (Å²) < 4.78 is 28.9. The highest BCUT2D eigenvalue weighted by molar-refractivity contribution is 7.89. The van der Waals surface area contributed by atoms with Crippen molar-refractivity contribution in [2.45, 2.75) is 56.5 Å². The van der Waals surface area contributed by atoms with Gasteiger partial charge in [-0.3, -0.25) is 0 Å². The van der Waals surface area contributed by atoms with Gasteiger partial charge < -0.3 is 4.57 Å². The van der Waals surface area contributed by atoms with Crippen LogP contribution in [0.3, 0.4) is 0 Å². The quantitative estimate of drug-likeness (QED) is 0.847. The molecular formula is C13H22ClN3O2S. The third kappa shape index (κ3) is 3.74. The second kappa shape index (κ2) is 6.45. The molecule has 0 unspecified atom stereocenters. The van der Waals surface area contributed by atoms with Gasteiger partial charge in [0.1, 0.15) is 5.82 Å². The number of alkyl halides is 1. The number of nitrogens with zero attached hydrogens (tertiary/aromatic N) is 2. The molecule has 114 valence electrons. The van der Waals surface area contributed by atoms with E-state index < -0.39 is 10.0 Å². The molecule has 1 aromatic heterocycles. The van der Waals surface area contributed by atoms with E-state index in [-0.39, 0.29) is 10.4 Å². The van der Waals surface area contributed by atoms with Gasteiger partial charge in [0.2, 0.25) is 0 Å². The molecule has 0 atom stereocenters. The molecule has 0 bridgehead atoms. The molecule has 1 saturated carbocycles. The lowest BCUT2D eigenvalue weighted by atomic mass is 9.89. The Morgan fingerprint density at radius 3 is 2.60 bits per heavy atom. The van der Waals surface area contributed by atoms with E-state index in [4.69, 9.17) is 11.6 Å². The van der Waals surface area contributed by atoms with Crippen LogP contribution in [0.2, 0.25) is 0 Å². The van der Waals surface area contributed by atoms with E-state index in [1.165, 1.54) is 0 Å². The summed E-state index contributed by atoms with van der Waals surface area (Å²) in [4.78, 5) is 4.12. The van der Waals surface area contributed by atoms with E-state index in [1.807, 2.05) is 18.4 Å². The van der Waals surface area contributed by atoms with Crippen molar-refractivity contribution >= 4 is 21.6 Å². The Kier molecular flexibility index (Phi) is 5.09. The Bertz CT molecular complexity index is 548. The zero-order valence-electron chi connectivity index (χ0n) is 12.0. The molecule has 1 aromatic rings. The molecule has 1 fully saturated rings. The van der Waals surface area contributed by atoms with Crippen LogP contribution in [0.15, 0.2) is 11.2 Å². The largest absolute Gasteiger partial charge is 0.334 e. The Morgan fingerprint density at radius 2 is 2.05 bits per heavy atom. The van der Waals surface area contributed by atoms with E-state index in [1.54, 1.807) is 6.20 Å². The van der Waals surface area contributed by atoms with Gasteiger partial charge in [0.25, 0.3) is 10.0 Å². The minimum atomic E-state index is -3.50. The predicted molar refractivity (Wildman–Crippen MR) is 79.4 cm³/mol. The van der Waals surface area contributed by atoms with E-state index in [0.717, 1.165) is 31.5 Å². The lowest BCUT2D eigenvalue weighted by Gasteiger charge is -2.24. The van der Waals surface area contributed by atoms with Gasteiger partial charge in [-0.05, 0) is 45.4 Å². The van der Waals surface area contributed by atoms with Gasteiger partial charge in [-0.25, -0.2) is 18.1 Å². The summed E-state index contributed by atoms with van der Waals surface area (Å²) in [6, 6.07) is 0. The smallest absolute Gasteiger partial charge is 0.259 e. The normalized spacial score (nSPS) is 23.9. The average molecular weight is 320 g/mol. The maximum Gasteiger partial charge on any atom is 0.259 e. The van der Waals surface area contributed by atoms with Crippen molar-refractivity contribution in [2.24, 2.45) is 5.92 Å². The molecule has 0 aromatic carbocycles. The lowest BCUT2D eigenvalue weighted by molar-refractivity contribution is 0.361. The van der Waals surface area contributed by atoms with Crippen molar-refractivity contribution in [1.82, 2.24) is 14.3 Å². The second-order valence-electron chi connectivity index (χ2n) is 5.38. The monoisotopic (exact) mass is 319 g/mol. The standard InChI is InChI=1S/C13H22ClN3O2S/c1-3-17-9-13(16-10(17)2)20(18,19)15-8-11-4-6-12(14)7-5-11/h9,11-12,15H,3-8H2,1-2H3. The van der Waals surface area contributed by atoms with Crippen LogP contribution in [-0.2, 0) is 16.6 Å². The van der Waals surface area contributed by atoms with Crippen molar-refractivity contribution in [3.05, 3.63) is 12.0 Å². The topological polar surface area (TPSA) is 64.0 Å². The van der Waals surface area contributed by atoms with Crippen LogP contribution in [0.4, 0.5) is 0 Å². The zero-order valence-corrected chi connectivity index (χ0v) is 13.5. The molecular weight excluding hydrogens is 298 g/mol. The highest BCUT2D eigenvalue weighted by Gasteiger charge is 2.23. The van der Waals surface area contributed by atoms with Gasteiger partial charge in [0.15, 0.2) is 5.03 Å². The molecule has 20 heavy (non-hydrogen) atoms. The molecule has 7 heteroatoms. The zero-order chi connectivity index (χ0) is 14.8. The molecule has 2 rings (SSSR count). The third-order valence-electron chi connectivity index (χ3n) is 3.91. The Labute approximate surface area is 125 Å². The Balaban J connectivity index is 1.96. The molecule has 1 N–H and O–H groups in total. The third-order valence-corrected chi connectivity index (χ3v) is 5.64. The maximum absolute atomic E-state index is 12.2. The fourth-order valence-electron chi connectivity index (χ4n) is 2.56. The molecule has 0 saturated heterocycles. The summed E-state index contributed by atoms with van der Waals surface area (Å²) in [5.74, 6) is 1.10. The fourth-order valence-corrected chi connectivity index (χ4v) is 3.93. The first-order chi connectivity index (χ1) is 9.42. The average Bonchev–Trinajstić information content (AvgIpc) is 2.80. The number of halogens is 1. The number of rotatable bonds is 5. The van der Waals surface area contributed by atoms with Crippen molar-refractivity contribution in [3.8, 4) is 0 Å². The first kappa shape index (κ1) is 15.8. The molecule has 1 aliphatic carbocycles. The predicted octanol–water partition coefficient (Wildman–Crippen LogP) is 2.29. The van der Waals surface area contributed by atoms with Crippen LogP contribution >= 0.6 is 11.6 Å². The molecule has 5 nitrogen and oxygen atoms in total. The van der Waals surface area contributed by atoms with E-state index >= 15 is 0 Å². The summed E-state index contributed by atoms with van der Waals surface area (Å²) in [5, 5.41) is 0.369. The Hall–Kier alpha value is -0.590. The van der Waals surface area contributed by atoms with Crippen molar-refractivity contribution < 1.29 is 8.42 Å². The summed E-state index contributed by atoms with van der Waals surface area (Å²) >= 11 is 6.05. The molecule has 1 aliphatic rings. The fraction of sp³-hybridized carbons (Fsp3) is 0.769. The van der Waals surface area contributed by atoms with Crippen LogP contribution < -0.4 is 4.72 Å². The number of hydrogen-bond donors (Lipinski definition) is 1. The van der Waals surface area contributed by atoms with E-state index in [2.05, 4.69) is 9.71 Å². The molecule has 0 aliphatic heterocycles. The number of nitrogens with one attached hydrogen (secondary N) is 1. The summed E-state index contributed by atoms with van der Waals surface area (Å²) in [5.41, 5.74) is 0. The van der Waals surface area contributed by atoms with Gasteiger partial charge in [0.05, 0.1) is 0 Å². The first-order valence-electron chi connectivity index (χ1n) is 7.10. The van der Waals surface area contributed by atoms with E-state index in [0.29, 0.717) is 19.0 Å². The number of sulfonamides is 1. The van der Waals surface area contributed by atoms with Crippen molar-refractivity contribution in [2.75, 3.05) is 6.54 Å². The highest BCUT2D eigenvalue weighted by atomic mass is 35.5. The maximum atomic E-state index is 12.2. The minimum absolute atomic E-state index is 0.114. The van der Waals surface area contributed by atoms with Crippen molar-refractivity contribution in [1.29, 1.82) is 0 Å². The number of hydrogen-bond acceptors (Lipinski definition) is 3. The SMILES string of the molecule is CCn1cc(S(=O)(=O)NCC2CCC(Cl)CC2)nc1C. The molecule has 0 spiro atoms.